The number of carbonyl (C=O) groups is 1. The highest BCUT2D eigenvalue weighted by atomic mass is 35.5. The maximum atomic E-state index is 13.2. The van der Waals surface area contributed by atoms with E-state index in [4.69, 9.17) is 11.6 Å². The van der Waals surface area contributed by atoms with Crippen molar-refractivity contribution in [1.29, 1.82) is 0 Å². The van der Waals surface area contributed by atoms with Crippen LogP contribution in [-0.4, -0.2) is 37.0 Å². The van der Waals surface area contributed by atoms with Gasteiger partial charge in [0.1, 0.15) is 5.82 Å². The predicted molar refractivity (Wildman–Crippen MR) is 128 cm³/mol. The number of nitrogens with one attached hydrogen (secondary N) is 1. The number of hydrogen-bond donors (Lipinski definition) is 1. The van der Waals surface area contributed by atoms with Gasteiger partial charge in [-0.25, -0.2) is 4.39 Å². The summed E-state index contributed by atoms with van der Waals surface area (Å²) in [6.07, 6.45) is 1.07. The van der Waals surface area contributed by atoms with Crippen LogP contribution in [0.3, 0.4) is 0 Å². The molecule has 1 N–H and O–H groups in total. The van der Waals surface area contributed by atoms with Gasteiger partial charge in [0.05, 0.1) is 0 Å². The first-order valence-corrected chi connectivity index (χ1v) is 11.3. The molecule has 4 nitrogen and oxygen atoms in total. The first-order valence-electron chi connectivity index (χ1n) is 10.9. The molecule has 6 heteroatoms. The Kier molecular flexibility index (Phi) is 7.40. The summed E-state index contributed by atoms with van der Waals surface area (Å²) in [6.45, 7) is 5.20. The fraction of sp³-hybridized carbons (Fsp3) is 0.269. The van der Waals surface area contributed by atoms with Crippen LogP contribution in [0, 0.1) is 5.82 Å². The zero-order valence-electron chi connectivity index (χ0n) is 17.9. The van der Waals surface area contributed by atoms with Crippen LogP contribution in [0.5, 0.6) is 0 Å². The van der Waals surface area contributed by atoms with Gasteiger partial charge in [0.25, 0.3) is 5.91 Å². The van der Waals surface area contributed by atoms with Gasteiger partial charge in [0.2, 0.25) is 0 Å². The molecule has 0 atom stereocenters. The summed E-state index contributed by atoms with van der Waals surface area (Å²) in [5.74, 6) is -0.307. The van der Waals surface area contributed by atoms with Gasteiger partial charge in [-0.3, -0.25) is 9.69 Å². The molecule has 0 aromatic heterocycles. The van der Waals surface area contributed by atoms with Crippen molar-refractivity contribution in [3.63, 3.8) is 0 Å². The van der Waals surface area contributed by atoms with Crippen LogP contribution in [0.1, 0.15) is 27.9 Å². The maximum absolute atomic E-state index is 13.2. The van der Waals surface area contributed by atoms with Crippen LogP contribution in [0.4, 0.5) is 10.1 Å². The van der Waals surface area contributed by atoms with Crippen LogP contribution in [0.25, 0.3) is 0 Å². The van der Waals surface area contributed by atoms with Crippen molar-refractivity contribution in [3.8, 4) is 0 Å². The molecule has 1 aliphatic rings. The average Bonchev–Trinajstić information content (AvgIpc) is 3.05. The number of carbonyl (C=O) groups excluding carboxylic acids is 1. The van der Waals surface area contributed by atoms with Crippen LogP contribution in [0.2, 0.25) is 5.02 Å². The Morgan fingerprint density at radius 2 is 1.69 bits per heavy atom. The summed E-state index contributed by atoms with van der Waals surface area (Å²) in [6, 6.07) is 22.0. The van der Waals surface area contributed by atoms with Crippen LogP contribution >= 0.6 is 11.6 Å². The molecule has 0 radical (unpaired) electrons. The largest absolute Gasteiger partial charge is 0.370 e. The Morgan fingerprint density at radius 1 is 0.906 bits per heavy atom. The summed E-state index contributed by atoms with van der Waals surface area (Å²) in [5, 5.41) is 3.59. The molecule has 4 rings (SSSR count). The zero-order valence-corrected chi connectivity index (χ0v) is 18.7. The fourth-order valence-electron chi connectivity index (χ4n) is 3.98. The number of rotatable bonds is 6. The maximum Gasteiger partial charge on any atom is 0.251 e. The second-order valence-electron chi connectivity index (χ2n) is 8.10. The monoisotopic (exact) mass is 451 g/mol. The molecule has 0 spiro atoms. The third-order valence-electron chi connectivity index (χ3n) is 5.74. The first-order chi connectivity index (χ1) is 15.6. The van der Waals surface area contributed by atoms with Crippen LogP contribution < -0.4 is 10.2 Å². The van der Waals surface area contributed by atoms with E-state index in [9.17, 15) is 9.18 Å². The molecule has 166 valence electrons. The Bertz CT molecular complexity index is 1040. The van der Waals surface area contributed by atoms with E-state index >= 15 is 0 Å². The summed E-state index contributed by atoms with van der Waals surface area (Å²) in [4.78, 5) is 17.2. The fourth-order valence-corrected chi connectivity index (χ4v) is 4.11. The minimum absolute atomic E-state index is 0.113. The molecular weight excluding hydrogens is 425 g/mol. The number of amides is 1. The highest BCUT2D eigenvalue weighted by molar-refractivity contribution is 6.30. The quantitative estimate of drug-likeness (QED) is 0.565. The Labute approximate surface area is 193 Å². The van der Waals surface area contributed by atoms with Crippen molar-refractivity contribution in [3.05, 3.63) is 100 Å². The smallest absolute Gasteiger partial charge is 0.251 e. The zero-order chi connectivity index (χ0) is 22.3. The summed E-state index contributed by atoms with van der Waals surface area (Å²) in [5.41, 5.74) is 3.97. The lowest BCUT2D eigenvalue weighted by Gasteiger charge is -2.24. The molecule has 0 bridgehead atoms. The van der Waals surface area contributed by atoms with E-state index in [1.54, 1.807) is 24.3 Å². The molecule has 1 fully saturated rings. The van der Waals surface area contributed by atoms with Gasteiger partial charge < -0.3 is 10.2 Å². The highest BCUT2D eigenvalue weighted by Crippen LogP contribution is 2.19. The number of anilines is 1. The Hall–Kier alpha value is -2.89. The molecule has 1 amide bonds. The third-order valence-corrected chi connectivity index (χ3v) is 6.00. The van der Waals surface area contributed by atoms with Crippen molar-refractivity contribution >= 4 is 23.2 Å². The molecular formula is C26H27ClFN3O. The van der Waals surface area contributed by atoms with Crippen molar-refractivity contribution in [2.75, 3.05) is 31.1 Å². The summed E-state index contributed by atoms with van der Waals surface area (Å²) < 4.78 is 13.2. The van der Waals surface area contributed by atoms with E-state index in [2.05, 4.69) is 27.2 Å². The Balaban J connectivity index is 1.33. The van der Waals surface area contributed by atoms with E-state index in [-0.39, 0.29) is 11.7 Å². The predicted octanol–water partition coefficient (Wildman–Crippen LogP) is 5.12. The lowest BCUT2D eigenvalue weighted by Crippen LogP contribution is -2.30. The van der Waals surface area contributed by atoms with Crippen LogP contribution in [-0.2, 0) is 13.1 Å². The topological polar surface area (TPSA) is 35.6 Å². The van der Waals surface area contributed by atoms with E-state index < -0.39 is 0 Å². The number of nitrogens with zero attached hydrogens (tertiary/aromatic N) is 2. The first kappa shape index (κ1) is 22.3. The second kappa shape index (κ2) is 10.6. The Morgan fingerprint density at radius 3 is 2.47 bits per heavy atom. The number of benzene rings is 3. The summed E-state index contributed by atoms with van der Waals surface area (Å²) in [7, 11) is 0. The molecule has 3 aromatic carbocycles. The van der Waals surface area contributed by atoms with E-state index in [1.807, 2.05) is 24.3 Å². The van der Waals surface area contributed by atoms with Crippen molar-refractivity contribution in [2.45, 2.75) is 19.5 Å². The summed E-state index contributed by atoms with van der Waals surface area (Å²) >= 11 is 5.89. The minimum Gasteiger partial charge on any atom is -0.370 e. The van der Waals surface area contributed by atoms with E-state index in [0.29, 0.717) is 17.1 Å². The highest BCUT2D eigenvalue weighted by Gasteiger charge is 2.16. The van der Waals surface area contributed by atoms with Gasteiger partial charge in [-0.2, -0.15) is 0 Å². The molecule has 1 saturated heterocycles. The van der Waals surface area contributed by atoms with Crippen LogP contribution in [0.15, 0.2) is 72.8 Å². The number of hydrogen-bond acceptors (Lipinski definition) is 3. The van der Waals surface area contributed by atoms with Gasteiger partial charge in [0.15, 0.2) is 0 Å². The normalized spacial score (nSPS) is 14.8. The molecule has 3 aromatic rings. The van der Waals surface area contributed by atoms with Gasteiger partial charge >= 0.3 is 0 Å². The van der Waals surface area contributed by atoms with Gasteiger partial charge in [-0.05, 0) is 66.1 Å². The molecule has 1 aliphatic heterocycles. The van der Waals surface area contributed by atoms with E-state index in [1.165, 1.54) is 17.8 Å². The minimum atomic E-state index is -0.194. The molecule has 0 saturated carbocycles. The molecule has 0 unspecified atom stereocenters. The lowest BCUT2D eigenvalue weighted by molar-refractivity contribution is 0.0951. The number of halogens is 2. The standard InChI is InChI=1S/C26H27ClFN3O/c27-23-9-7-22(8-10-23)26(32)29-18-21-3-1-4-25(17-21)31-14-2-13-30(15-16-31)19-20-5-11-24(28)12-6-20/h1,3-12,17H,2,13-16,18-19H2,(H,29,32). The SMILES string of the molecule is O=C(NCc1cccc(N2CCCN(Cc3ccc(F)cc3)CC2)c1)c1ccc(Cl)cc1. The van der Waals surface area contributed by atoms with Gasteiger partial charge in [-0.15, -0.1) is 0 Å². The molecule has 1 heterocycles. The average molecular weight is 452 g/mol. The lowest BCUT2D eigenvalue weighted by atomic mass is 10.1. The second-order valence-corrected chi connectivity index (χ2v) is 8.54. The molecule has 0 aliphatic carbocycles. The van der Waals surface area contributed by atoms with Crippen molar-refractivity contribution in [2.24, 2.45) is 0 Å². The van der Waals surface area contributed by atoms with Gasteiger partial charge in [0, 0.05) is 55.5 Å². The molecule has 32 heavy (non-hydrogen) atoms. The van der Waals surface area contributed by atoms with Crippen molar-refractivity contribution < 1.29 is 9.18 Å². The van der Waals surface area contributed by atoms with E-state index in [0.717, 1.165) is 50.3 Å². The van der Waals surface area contributed by atoms with Gasteiger partial charge in [-0.1, -0.05) is 35.9 Å². The third kappa shape index (κ3) is 6.09. The van der Waals surface area contributed by atoms with Crippen molar-refractivity contribution in [1.82, 2.24) is 10.2 Å².